The fourth-order valence-electron chi connectivity index (χ4n) is 5.90. The lowest BCUT2D eigenvalue weighted by atomic mass is 9.65. The molecule has 0 aliphatic rings. The highest BCUT2D eigenvalue weighted by molar-refractivity contribution is 5.56. The molecule has 2 rings (SSSR count). The van der Waals surface area contributed by atoms with E-state index in [9.17, 15) is 0 Å². The highest BCUT2D eigenvalue weighted by atomic mass is 14.4. The number of hydrogen-bond donors (Lipinski definition) is 0. The molecule has 0 spiro atoms. The van der Waals surface area contributed by atoms with Gasteiger partial charge in [-0.15, -0.1) is 0 Å². The minimum absolute atomic E-state index is 0.0407. The summed E-state index contributed by atoms with van der Waals surface area (Å²) in [4.78, 5) is 0. The van der Waals surface area contributed by atoms with Crippen molar-refractivity contribution in [1.82, 2.24) is 0 Å². The van der Waals surface area contributed by atoms with E-state index in [4.69, 9.17) is 0 Å². The first-order valence-electron chi connectivity index (χ1n) is 15.0. The largest absolute Gasteiger partial charge is 0.0561 e. The third kappa shape index (κ3) is 6.95. The molecule has 0 aliphatic heterocycles. The molecule has 0 heterocycles. The summed E-state index contributed by atoms with van der Waals surface area (Å²) < 4.78 is 0. The van der Waals surface area contributed by atoms with Crippen LogP contribution in [-0.2, 0) is 32.5 Å². The van der Waals surface area contributed by atoms with E-state index in [1.54, 1.807) is 0 Å². The maximum absolute atomic E-state index is 2.56. The van der Waals surface area contributed by atoms with Gasteiger partial charge in [0.1, 0.15) is 0 Å². The van der Waals surface area contributed by atoms with Gasteiger partial charge in [-0.05, 0) is 77.0 Å². The highest BCUT2D eigenvalue weighted by Crippen LogP contribution is 2.47. The van der Waals surface area contributed by atoms with Gasteiger partial charge in [-0.1, -0.05) is 156 Å². The van der Waals surface area contributed by atoms with Gasteiger partial charge in [-0.3, -0.25) is 0 Å². The van der Waals surface area contributed by atoms with Gasteiger partial charge in [0.25, 0.3) is 0 Å². The molecule has 0 heteroatoms. The minimum atomic E-state index is 0.0407. The molecule has 0 fully saturated rings. The van der Waals surface area contributed by atoms with Crippen LogP contribution >= 0.6 is 0 Å². The second kappa shape index (κ2) is 9.82. The van der Waals surface area contributed by atoms with Crippen LogP contribution in [0.2, 0.25) is 0 Å². The number of benzene rings is 2. The fraction of sp³-hybridized carbons (Fsp3) is 0.684. The van der Waals surface area contributed by atoms with Crippen LogP contribution in [0.25, 0.3) is 0 Å². The molecule has 2 aromatic rings. The first-order valence-corrected chi connectivity index (χ1v) is 15.0. The summed E-state index contributed by atoms with van der Waals surface area (Å²) >= 11 is 0. The Morgan fingerprint density at radius 1 is 0.368 bits per heavy atom. The zero-order valence-corrected chi connectivity index (χ0v) is 28.9. The van der Waals surface area contributed by atoms with E-state index in [-0.39, 0.29) is 38.4 Å². The molecule has 0 saturated carbocycles. The summed E-state index contributed by atoms with van der Waals surface area (Å²) in [5.74, 6) is 0.283. The fourth-order valence-corrected chi connectivity index (χ4v) is 5.90. The maximum Gasteiger partial charge on any atom is 0.00672 e. The topological polar surface area (TPSA) is 0 Å². The SMILES string of the molecule is CC(c1cc(C(C)(C)C)cc(C(C)(C)C)c1C(C)(C)C)c1cc(C(C)(C)C)cc(C(C)(C)C)c1C(C)(C)C. The Kier molecular flexibility index (Phi) is 8.43. The predicted molar refractivity (Wildman–Crippen MR) is 173 cm³/mol. The van der Waals surface area contributed by atoms with E-state index in [0.717, 1.165) is 0 Å². The van der Waals surface area contributed by atoms with Crippen LogP contribution in [0, 0.1) is 0 Å². The molecular formula is C38H62. The normalized spacial score (nSPS) is 14.4. The molecule has 0 amide bonds. The Hall–Kier alpha value is -1.56. The van der Waals surface area contributed by atoms with Crippen LogP contribution < -0.4 is 0 Å². The van der Waals surface area contributed by atoms with Crippen molar-refractivity contribution in [3.8, 4) is 0 Å². The van der Waals surface area contributed by atoms with E-state index in [2.05, 4.69) is 156 Å². The molecule has 0 unspecified atom stereocenters. The van der Waals surface area contributed by atoms with E-state index >= 15 is 0 Å². The van der Waals surface area contributed by atoms with Crippen molar-refractivity contribution in [2.24, 2.45) is 0 Å². The average molecular weight is 519 g/mol. The van der Waals surface area contributed by atoms with Gasteiger partial charge in [0.2, 0.25) is 0 Å². The van der Waals surface area contributed by atoms with Crippen LogP contribution in [0.1, 0.15) is 182 Å². The smallest absolute Gasteiger partial charge is 0.00672 e. The first kappa shape index (κ1) is 32.7. The molecule has 0 atom stereocenters. The van der Waals surface area contributed by atoms with Crippen LogP contribution in [0.5, 0.6) is 0 Å². The van der Waals surface area contributed by atoms with Crippen LogP contribution in [0.4, 0.5) is 0 Å². The Morgan fingerprint density at radius 2 is 0.632 bits per heavy atom. The van der Waals surface area contributed by atoms with E-state index in [1.165, 1.54) is 44.5 Å². The van der Waals surface area contributed by atoms with Crippen molar-refractivity contribution < 1.29 is 0 Å². The molecule has 0 nitrogen and oxygen atoms in total. The number of rotatable bonds is 2. The summed E-state index contributed by atoms with van der Waals surface area (Å²) in [5.41, 5.74) is 12.3. The second-order valence-corrected chi connectivity index (χ2v) is 18.2. The Bertz CT molecular complexity index is 1050. The second-order valence-electron chi connectivity index (χ2n) is 18.2. The summed E-state index contributed by atoms with van der Waals surface area (Å²) in [6.07, 6.45) is 0. The Balaban J connectivity index is 3.22. The summed E-state index contributed by atoms with van der Waals surface area (Å²) in [5, 5.41) is 0. The lowest BCUT2D eigenvalue weighted by molar-refractivity contribution is 0.506. The van der Waals surface area contributed by atoms with Crippen molar-refractivity contribution in [2.75, 3.05) is 0 Å². The van der Waals surface area contributed by atoms with Crippen molar-refractivity contribution >= 4 is 0 Å². The zero-order chi connectivity index (χ0) is 30.0. The van der Waals surface area contributed by atoms with Crippen molar-refractivity contribution in [2.45, 2.75) is 170 Å². The van der Waals surface area contributed by atoms with Gasteiger partial charge in [0.05, 0.1) is 0 Å². The molecule has 214 valence electrons. The van der Waals surface area contributed by atoms with Gasteiger partial charge < -0.3 is 0 Å². The molecule has 0 radical (unpaired) electrons. The van der Waals surface area contributed by atoms with Crippen molar-refractivity contribution in [3.63, 3.8) is 0 Å². The third-order valence-corrected chi connectivity index (χ3v) is 8.12. The van der Waals surface area contributed by atoms with Crippen LogP contribution in [0.15, 0.2) is 24.3 Å². The molecule has 0 aromatic heterocycles. The maximum atomic E-state index is 2.56. The first-order chi connectivity index (χ1) is 16.6. The summed E-state index contributed by atoms with van der Waals surface area (Å²) in [7, 11) is 0. The standard InChI is InChI=1S/C38H62/c1-24(27-20-25(33(2,3)4)22-29(35(8,9)10)31(27)37(14,15)16)28-21-26(34(5,6)7)23-30(36(11,12)13)32(28)38(17,18)19/h20-24H,1-19H3. The molecule has 0 N–H and O–H groups in total. The summed E-state index contributed by atoms with van der Waals surface area (Å²) in [6, 6.07) is 10.2. The van der Waals surface area contributed by atoms with Crippen molar-refractivity contribution in [3.05, 3.63) is 68.8 Å². The lowest BCUT2D eigenvalue weighted by Crippen LogP contribution is -2.29. The van der Waals surface area contributed by atoms with Gasteiger partial charge >= 0.3 is 0 Å². The predicted octanol–water partition coefficient (Wildman–Crippen LogP) is 11.6. The van der Waals surface area contributed by atoms with E-state index < -0.39 is 0 Å². The Morgan fingerprint density at radius 3 is 0.816 bits per heavy atom. The van der Waals surface area contributed by atoms with Gasteiger partial charge in [-0.25, -0.2) is 0 Å². The average Bonchev–Trinajstić information content (AvgIpc) is 2.67. The van der Waals surface area contributed by atoms with Crippen LogP contribution in [0.3, 0.4) is 0 Å². The molecule has 2 aromatic carbocycles. The molecule has 38 heavy (non-hydrogen) atoms. The lowest BCUT2D eigenvalue weighted by Gasteiger charge is -2.39. The van der Waals surface area contributed by atoms with Crippen molar-refractivity contribution in [1.29, 1.82) is 0 Å². The van der Waals surface area contributed by atoms with Gasteiger partial charge in [0, 0.05) is 5.92 Å². The van der Waals surface area contributed by atoms with Gasteiger partial charge in [0.15, 0.2) is 0 Å². The molecular weight excluding hydrogens is 456 g/mol. The molecule has 0 bridgehead atoms. The van der Waals surface area contributed by atoms with E-state index in [0.29, 0.717) is 0 Å². The quantitative estimate of drug-likeness (QED) is 0.371. The van der Waals surface area contributed by atoms with Crippen LogP contribution in [-0.4, -0.2) is 0 Å². The third-order valence-electron chi connectivity index (χ3n) is 8.12. The highest BCUT2D eigenvalue weighted by Gasteiger charge is 2.36. The Labute approximate surface area is 238 Å². The molecule has 0 saturated heterocycles. The van der Waals surface area contributed by atoms with Gasteiger partial charge in [-0.2, -0.15) is 0 Å². The monoisotopic (exact) mass is 518 g/mol. The minimum Gasteiger partial charge on any atom is -0.0561 e. The van der Waals surface area contributed by atoms with E-state index in [1.807, 2.05) is 0 Å². The number of hydrogen-bond acceptors (Lipinski definition) is 0. The summed E-state index contributed by atoms with van der Waals surface area (Å²) in [6.45, 7) is 45.4. The zero-order valence-electron chi connectivity index (χ0n) is 28.9. The molecule has 0 aliphatic carbocycles.